The third-order valence-corrected chi connectivity index (χ3v) is 2.95. The summed E-state index contributed by atoms with van der Waals surface area (Å²) >= 11 is 0. The van der Waals surface area contributed by atoms with Crippen molar-refractivity contribution in [2.24, 2.45) is 4.99 Å². The van der Waals surface area contributed by atoms with Crippen molar-refractivity contribution in [1.29, 1.82) is 0 Å². The van der Waals surface area contributed by atoms with Gasteiger partial charge in [0.05, 0.1) is 19.8 Å². The molecule has 1 aliphatic heterocycles. The smallest absolute Gasteiger partial charge is 0.191 e. The van der Waals surface area contributed by atoms with Crippen molar-refractivity contribution in [1.82, 2.24) is 15.5 Å². The molecule has 0 aromatic carbocycles. The normalized spacial score (nSPS) is 19.9. The molecule has 1 heterocycles. The van der Waals surface area contributed by atoms with Gasteiger partial charge in [-0.25, -0.2) is 0 Å². The van der Waals surface area contributed by atoms with Crippen molar-refractivity contribution < 1.29 is 4.74 Å². The highest BCUT2D eigenvalue weighted by atomic mass is 16.5. The number of guanidine groups is 1. The van der Waals surface area contributed by atoms with Crippen molar-refractivity contribution in [3.8, 4) is 0 Å². The van der Waals surface area contributed by atoms with E-state index < -0.39 is 0 Å². The van der Waals surface area contributed by atoms with E-state index in [0.29, 0.717) is 12.1 Å². The molecule has 0 aromatic heterocycles. The van der Waals surface area contributed by atoms with Gasteiger partial charge in [-0.1, -0.05) is 0 Å². The van der Waals surface area contributed by atoms with Crippen LogP contribution in [0.5, 0.6) is 0 Å². The lowest BCUT2D eigenvalue weighted by atomic mass is 10.2. The molecule has 0 aliphatic carbocycles. The number of hydrogen-bond donors (Lipinski definition) is 2. The molecule has 0 amide bonds. The zero-order valence-corrected chi connectivity index (χ0v) is 12.2. The topological polar surface area (TPSA) is 48.9 Å². The summed E-state index contributed by atoms with van der Waals surface area (Å²) in [7, 11) is 0. The van der Waals surface area contributed by atoms with Gasteiger partial charge in [-0.3, -0.25) is 9.89 Å². The third-order valence-electron chi connectivity index (χ3n) is 2.95. The second-order valence-corrected chi connectivity index (χ2v) is 5.02. The molecule has 0 spiro atoms. The second kappa shape index (κ2) is 8.32. The molecule has 106 valence electrons. The average molecular weight is 256 g/mol. The molecule has 18 heavy (non-hydrogen) atoms. The van der Waals surface area contributed by atoms with E-state index in [2.05, 4.69) is 48.2 Å². The molecule has 0 bridgehead atoms. The van der Waals surface area contributed by atoms with Crippen LogP contribution in [0.2, 0.25) is 0 Å². The van der Waals surface area contributed by atoms with Gasteiger partial charge < -0.3 is 15.4 Å². The molecule has 0 aromatic rings. The lowest BCUT2D eigenvalue weighted by Gasteiger charge is -2.31. The van der Waals surface area contributed by atoms with Gasteiger partial charge in [0.15, 0.2) is 5.96 Å². The van der Waals surface area contributed by atoms with Crippen molar-refractivity contribution in [3.63, 3.8) is 0 Å². The lowest BCUT2D eigenvalue weighted by Crippen LogP contribution is -2.45. The van der Waals surface area contributed by atoms with Crippen LogP contribution >= 0.6 is 0 Å². The maximum absolute atomic E-state index is 5.36. The van der Waals surface area contributed by atoms with Crippen LogP contribution in [0.25, 0.3) is 0 Å². The summed E-state index contributed by atoms with van der Waals surface area (Å²) < 4.78 is 5.36. The van der Waals surface area contributed by atoms with Gasteiger partial charge >= 0.3 is 0 Å². The van der Waals surface area contributed by atoms with E-state index in [0.717, 1.165) is 45.4 Å². The molecule has 5 heteroatoms. The zero-order chi connectivity index (χ0) is 13.4. The third kappa shape index (κ3) is 5.69. The number of rotatable bonds is 5. The van der Waals surface area contributed by atoms with Crippen LogP contribution in [0.3, 0.4) is 0 Å². The fraction of sp³-hybridized carbons (Fsp3) is 0.923. The van der Waals surface area contributed by atoms with Crippen LogP contribution < -0.4 is 10.6 Å². The molecule has 1 fully saturated rings. The number of morpholine rings is 1. The van der Waals surface area contributed by atoms with Crippen molar-refractivity contribution in [2.75, 3.05) is 39.4 Å². The van der Waals surface area contributed by atoms with Crippen molar-refractivity contribution in [3.05, 3.63) is 0 Å². The van der Waals surface area contributed by atoms with Crippen LogP contribution in [-0.2, 0) is 4.74 Å². The van der Waals surface area contributed by atoms with E-state index >= 15 is 0 Å². The number of nitrogens with zero attached hydrogens (tertiary/aromatic N) is 2. The first-order valence-corrected chi connectivity index (χ1v) is 7.00. The SMILES string of the molecule is CCNC(=NCC(C)N1CCOCC1)NC(C)C. The van der Waals surface area contributed by atoms with Crippen molar-refractivity contribution >= 4 is 5.96 Å². The Bertz CT molecular complexity index is 249. The molecule has 2 N–H and O–H groups in total. The van der Waals surface area contributed by atoms with Crippen LogP contribution in [0, 0.1) is 0 Å². The molecule has 1 aliphatic rings. The summed E-state index contributed by atoms with van der Waals surface area (Å²) in [6, 6.07) is 0.873. The summed E-state index contributed by atoms with van der Waals surface area (Å²) in [6.45, 7) is 14.0. The summed E-state index contributed by atoms with van der Waals surface area (Å²) in [5.41, 5.74) is 0. The first kappa shape index (κ1) is 15.2. The first-order chi connectivity index (χ1) is 8.63. The Morgan fingerprint density at radius 1 is 1.28 bits per heavy atom. The predicted octanol–water partition coefficient (Wildman–Crippen LogP) is 0.671. The standard InChI is InChI=1S/C13H28N4O/c1-5-14-13(16-11(2)3)15-10-12(4)17-6-8-18-9-7-17/h11-12H,5-10H2,1-4H3,(H2,14,15,16). The number of hydrogen-bond acceptors (Lipinski definition) is 3. The molecule has 0 saturated carbocycles. The fourth-order valence-corrected chi connectivity index (χ4v) is 1.95. The molecule has 1 unspecified atom stereocenters. The second-order valence-electron chi connectivity index (χ2n) is 5.02. The summed E-state index contributed by atoms with van der Waals surface area (Å²) in [6.07, 6.45) is 0. The Hall–Kier alpha value is -0.810. The Morgan fingerprint density at radius 3 is 2.50 bits per heavy atom. The highest BCUT2D eigenvalue weighted by molar-refractivity contribution is 5.79. The van der Waals surface area contributed by atoms with E-state index in [9.17, 15) is 0 Å². The molecule has 1 atom stereocenters. The molecule has 1 rings (SSSR count). The van der Waals surface area contributed by atoms with E-state index in [1.54, 1.807) is 0 Å². The Kier molecular flexibility index (Phi) is 7.05. The molecule has 5 nitrogen and oxygen atoms in total. The van der Waals surface area contributed by atoms with E-state index in [1.165, 1.54) is 0 Å². The largest absolute Gasteiger partial charge is 0.379 e. The van der Waals surface area contributed by atoms with Gasteiger partial charge in [0.2, 0.25) is 0 Å². The monoisotopic (exact) mass is 256 g/mol. The van der Waals surface area contributed by atoms with Crippen LogP contribution in [0.1, 0.15) is 27.7 Å². The van der Waals surface area contributed by atoms with Crippen molar-refractivity contribution in [2.45, 2.75) is 39.8 Å². The number of aliphatic imine (C=N–C) groups is 1. The van der Waals surface area contributed by atoms with Gasteiger partial charge in [-0.05, 0) is 27.7 Å². The summed E-state index contributed by atoms with van der Waals surface area (Å²) in [5.74, 6) is 0.910. The number of ether oxygens (including phenoxy) is 1. The van der Waals surface area contributed by atoms with Gasteiger partial charge in [-0.15, -0.1) is 0 Å². The van der Waals surface area contributed by atoms with Gasteiger partial charge in [-0.2, -0.15) is 0 Å². The van der Waals surface area contributed by atoms with E-state index in [4.69, 9.17) is 4.74 Å². The highest BCUT2D eigenvalue weighted by Crippen LogP contribution is 2.03. The van der Waals surface area contributed by atoms with Crippen LogP contribution in [0.4, 0.5) is 0 Å². The molecule has 1 saturated heterocycles. The Morgan fingerprint density at radius 2 is 1.94 bits per heavy atom. The minimum absolute atomic E-state index is 0.404. The minimum Gasteiger partial charge on any atom is -0.379 e. The molecule has 0 radical (unpaired) electrons. The quantitative estimate of drug-likeness (QED) is 0.561. The minimum atomic E-state index is 0.404. The molecular formula is C13H28N4O. The average Bonchev–Trinajstić information content (AvgIpc) is 2.36. The zero-order valence-electron chi connectivity index (χ0n) is 12.2. The van der Waals surface area contributed by atoms with Crippen LogP contribution in [-0.4, -0.2) is 62.3 Å². The van der Waals surface area contributed by atoms with E-state index in [1.807, 2.05) is 0 Å². The Balaban J connectivity index is 2.41. The van der Waals surface area contributed by atoms with Gasteiger partial charge in [0.25, 0.3) is 0 Å². The maximum Gasteiger partial charge on any atom is 0.191 e. The van der Waals surface area contributed by atoms with Gasteiger partial charge in [0, 0.05) is 31.7 Å². The number of nitrogens with one attached hydrogen (secondary N) is 2. The van der Waals surface area contributed by atoms with Gasteiger partial charge in [0.1, 0.15) is 0 Å². The maximum atomic E-state index is 5.36. The fourth-order valence-electron chi connectivity index (χ4n) is 1.95. The summed E-state index contributed by atoms with van der Waals surface area (Å²) in [4.78, 5) is 7.08. The van der Waals surface area contributed by atoms with E-state index in [-0.39, 0.29) is 0 Å². The predicted molar refractivity (Wildman–Crippen MR) is 76.1 cm³/mol. The first-order valence-electron chi connectivity index (χ1n) is 7.00. The molecular weight excluding hydrogens is 228 g/mol. The Labute approximate surface area is 111 Å². The summed E-state index contributed by atoms with van der Waals surface area (Å²) in [5, 5.41) is 6.60. The highest BCUT2D eigenvalue weighted by Gasteiger charge is 2.16. The van der Waals surface area contributed by atoms with Crippen LogP contribution in [0.15, 0.2) is 4.99 Å². The lowest BCUT2D eigenvalue weighted by molar-refractivity contribution is 0.0220.